The maximum atomic E-state index is 12.5. The molecule has 1 atom stereocenters. The highest BCUT2D eigenvalue weighted by Gasteiger charge is 2.22. The third-order valence-electron chi connectivity index (χ3n) is 4.77. The summed E-state index contributed by atoms with van der Waals surface area (Å²) in [4.78, 5) is 29.9. The highest BCUT2D eigenvalue weighted by molar-refractivity contribution is 14.0. The minimum Gasteiger partial charge on any atom is -0.370 e. The molecule has 7 nitrogen and oxygen atoms in total. The van der Waals surface area contributed by atoms with Gasteiger partial charge in [0.1, 0.15) is 0 Å². The van der Waals surface area contributed by atoms with E-state index in [-0.39, 0.29) is 42.3 Å². The fraction of sp³-hybridized carbons (Fsp3) is 0.571. The minimum absolute atomic E-state index is 0. The molecule has 4 N–H and O–H groups in total. The first-order chi connectivity index (χ1) is 13.3. The number of rotatable bonds is 8. The summed E-state index contributed by atoms with van der Waals surface area (Å²) in [5.41, 5.74) is 7.54. The molecular weight excluding hydrogens is 481 g/mol. The first kappa shape index (κ1) is 25.2. The van der Waals surface area contributed by atoms with Crippen molar-refractivity contribution in [3.05, 3.63) is 35.4 Å². The number of amides is 2. The Morgan fingerprint density at radius 3 is 2.55 bits per heavy atom. The number of aliphatic imine (C=N–C) groups is 1. The molecule has 0 aliphatic carbocycles. The number of nitrogens with two attached hydrogens (primary N) is 1. The average Bonchev–Trinajstić information content (AvgIpc) is 2.66. The van der Waals surface area contributed by atoms with Crippen LogP contribution in [0.25, 0.3) is 0 Å². The maximum Gasteiger partial charge on any atom is 0.254 e. The molecule has 8 heteroatoms. The molecule has 1 aromatic carbocycles. The normalized spacial score (nSPS) is 15.5. The van der Waals surface area contributed by atoms with E-state index in [1.807, 2.05) is 12.1 Å². The van der Waals surface area contributed by atoms with Gasteiger partial charge in [-0.1, -0.05) is 38.8 Å². The van der Waals surface area contributed by atoms with E-state index in [1.54, 1.807) is 17.0 Å². The van der Waals surface area contributed by atoms with Crippen molar-refractivity contribution in [3.63, 3.8) is 0 Å². The van der Waals surface area contributed by atoms with E-state index in [4.69, 9.17) is 5.73 Å². The predicted octanol–water partition coefficient (Wildman–Crippen LogP) is 2.50. The molecular formula is C21H34IN5O2. The van der Waals surface area contributed by atoms with Gasteiger partial charge in [-0.2, -0.15) is 0 Å². The zero-order valence-corrected chi connectivity index (χ0v) is 19.9. The smallest absolute Gasteiger partial charge is 0.254 e. The third kappa shape index (κ3) is 9.01. The van der Waals surface area contributed by atoms with Crippen molar-refractivity contribution in [2.75, 3.05) is 19.6 Å². The van der Waals surface area contributed by atoms with Crippen molar-refractivity contribution in [2.45, 2.75) is 52.6 Å². The minimum atomic E-state index is -0.124. The average molecular weight is 515 g/mol. The lowest BCUT2D eigenvalue weighted by atomic mass is 10.0. The first-order valence-electron chi connectivity index (χ1n) is 10.1. The second kappa shape index (κ2) is 12.7. The predicted molar refractivity (Wildman–Crippen MR) is 127 cm³/mol. The summed E-state index contributed by atoms with van der Waals surface area (Å²) < 4.78 is 0. The van der Waals surface area contributed by atoms with Crippen molar-refractivity contribution in [2.24, 2.45) is 16.6 Å². The van der Waals surface area contributed by atoms with Crippen LogP contribution in [-0.2, 0) is 11.3 Å². The Morgan fingerprint density at radius 1 is 1.24 bits per heavy atom. The highest BCUT2D eigenvalue weighted by atomic mass is 127. The summed E-state index contributed by atoms with van der Waals surface area (Å²) in [5, 5.41) is 5.95. The monoisotopic (exact) mass is 515 g/mol. The highest BCUT2D eigenvalue weighted by Crippen LogP contribution is 2.10. The lowest BCUT2D eigenvalue weighted by Gasteiger charge is -2.26. The van der Waals surface area contributed by atoms with Gasteiger partial charge in [-0.05, 0) is 37.0 Å². The Morgan fingerprint density at radius 2 is 1.93 bits per heavy atom. The summed E-state index contributed by atoms with van der Waals surface area (Å²) in [5.74, 6) is 0.921. The van der Waals surface area contributed by atoms with E-state index >= 15 is 0 Å². The molecule has 29 heavy (non-hydrogen) atoms. The van der Waals surface area contributed by atoms with Crippen LogP contribution in [0.4, 0.5) is 0 Å². The molecule has 1 unspecified atom stereocenters. The molecule has 1 heterocycles. The van der Waals surface area contributed by atoms with Crippen molar-refractivity contribution in [1.82, 2.24) is 15.5 Å². The molecule has 0 saturated carbocycles. The van der Waals surface area contributed by atoms with Gasteiger partial charge in [-0.15, -0.1) is 24.0 Å². The van der Waals surface area contributed by atoms with Gasteiger partial charge in [-0.25, -0.2) is 4.99 Å². The third-order valence-corrected chi connectivity index (χ3v) is 4.77. The number of benzene rings is 1. The second-order valence-corrected chi connectivity index (χ2v) is 7.85. The van der Waals surface area contributed by atoms with Gasteiger partial charge in [0.15, 0.2) is 5.96 Å². The molecule has 0 aromatic heterocycles. The van der Waals surface area contributed by atoms with E-state index < -0.39 is 0 Å². The van der Waals surface area contributed by atoms with Crippen molar-refractivity contribution in [3.8, 4) is 0 Å². The van der Waals surface area contributed by atoms with Gasteiger partial charge in [-0.3, -0.25) is 9.59 Å². The number of piperazine rings is 1. The van der Waals surface area contributed by atoms with Crippen LogP contribution in [0, 0.1) is 5.92 Å². The van der Waals surface area contributed by atoms with E-state index in [9.17, 15) is 9.59 Å². The zero-order chi connectivity index (χ0) is 20.5. The summed E-state index contributed by atoms with van der Waals surface area (Å²) in [6.07, 6.45) is 3.46. The molecule has 2 rings (SSSR count). The van der Waals surface area contributed by atoms with Crippen molar-refractivity contribution < 1.29 is 9.59 Å². The first-order valence-corrected chi connectivity index (χ1v) is 10.1. The Labute approximate surface area is 190 Å². The summed E-state index contributed by atoms with van der Waals surface area (Å²) in [6, 6.07) is 7.60. The maximum absolute atomic E-state index is 12.5. The van der Waals surface area contributed by atoms with Crippen molar-refractivity contribution in [1.29, 1.82) is 0 Å². The Balaban J connectivity index is 0.00000420. The van der Waals surface area contributed by atoms with Gasteiger partial charge in [0, 0.05) is 24.7 Å². The fourth-order valence-corrected chi connectivity index (χ4v) is 3.13. The molecule has 1 aliphatic rings. The van der Waals surface area contributed by atoms with Gasteiger partial charge in [0.25, 0.3) is 5.91 Å². The zero-order valence-electron chi connectivity index (χ0n) is 17.6. The van der Waals surface area contributed by atoms with Gasteiger partial charge in [0.2, 0.25) is 5.91 Å². The Hall–Kier alpha value is -1.84. The number of nitrogens with zero attached hydrogens (tertiary/aromatic N) is 2. The van der Waals surface area contributed by atoms with Gasteiger partial charge >= 0.3 is 0 Å². The van der Waals surface area contributed by atoms with E-state index in [2.05, 4.69) is 36.4 Å². The molecule has 2 amide bonds. The Kier molecular flexibility index (Phi) is 11.0. The van der Waals surface area contributed by atoms with E-state index in [0.717, 1.165) is 17.9 Å². The number of carbonyl (C=O) groups excluding carboxylic acids is 2. The SMILES string of the molecule is CC(C)CCCC(C)NC(N)=NCc1ccc(C(=O)N2CCNC(=O)C2)cc1.I. The van der Waals surface area contributed by atoms with Crippen LogP contribution < -0.4 is 16.4 Å². The number of halogens is 1. The molecule has 0 bridgehead atoms. The fourth-order valence-electron chi connectivity index (χ4n) is 3.13. The van der Waals surface area contributed by atoms with Crippen LogP contribution in [0.2, 0.25) is 0 Å². The number of carbonyl (C=O) groups is 2. The topological polar surface area (TPSA) is 99.8 Å². The molecule has 0 radical (unpaired) electrons. The molecule has 0 spiro atoms. The molecule has 162 valence electrons. The summed E-state index contributed by atoms with van der Waals surface area (Å²) in [7, 11) is 0. The molecule has 1 fully saturated rings. The molecule has 1 aromatic rings. The number of guanidine groups is 1. The molecule has 1 aliphatic heterocycles. The van der Waals surface area contributed by atoms with E-state index in [0.29, 0.717) is 37.2 Å². The number of nitrogens with one attached hydrogen (secondary N) is 2. The number of hydrogen-bond donors (Lipinski definition) is 3. The summed E-state index contributed by atoms with van der Waals surface area (Å²) >= 11 is 0. The standard InChI is InChI=1S/C21H33N5O2.HI/c1-15(2)5-4-6-16(3)25-21(22)24-13-17-7-9-18(10-8-17)20(28)26-12-11-23-19(27)14-26;/h7-10,15-16H,4-6,11-14H2,1-3H3,(H,23,27)(H3,22,24,25);1H. The summed E-state index contributed by atoms with van der Waals surface area (Å²) in [6.45, 7) is 8.18. The van der Waals surface area contributed by atoms with E-state index in [1.165, 1.54) is 12.8 Å². The van der Waals surface area contributed by atoms with Gasteiger partial charge in [0.05, 0.1) is 13.1 Å². The van der Waals surface area contributed by atoms with Crippen molar-refractivity contribution >= 4 is 41.8 Å². The van der Waals surface area contributed by atoms with Crippen LogP contribution in [-0.4, -0.2) is 48.3 Å². The van der Waals surface area contributed by atoms with Crippen LogP contribution >= 0.6 is 24.0 Å². The Bertz CT molecular complexity index is 691. The van der Waals surface area contributed by atoms with Crippen LogP contribution in [0.5, 0.6) is 0 Å². The lowest BCUT2D eigenvalue weighted by Crippen LogP contribution is -2.49. The van der Waals surface area contributed by atoms with Crippen LogP contribution in [0.3, 0.4) is 0 Å². The number of hydrogen-bond acceptors (Lipinski definition) is 3. The lowest BCUT2D eigenvalue weighted by molar-refractivity contribution is -0.123. The van der Waals surface area contributed by atoms with Crippen LogP contribution in [0.1, 0.15) is 56.0 Å². The van der Waals surface area contributed by atoms with Gasteiger partial charge < -0.3 is 21.3 Å². The largest absolute Gasteiger partial charge is 0.370 e. The molecule has 1 saturated heterocycles. The second-order valence-electron chi connectivity index (χ2n) is 7.85. The quantitative estimate of drug-likeness (QED) is 0.282. The van der Waals surface area contributed by atoms with Crippen LogP contribution in [0.15, 0.2) is 29.3 Å².